The van der Waals surface area contributed by atoms with Gasteiger partial charge >= 0.3 is 5.97 Å². The summed E-state index contributed by atoms with van der Waals surface area (Å²) >= 11 is 0. The highest BCUT2D eigenvalue weighted by atomic mass is 35.5. The monoisotopic (exact) mass is 261 g/mol. The Hall–Kier alpha value is -0.0700. The topological polar surface area (TPSA) is 101 Å². The first kappa shape index (κ1) is 20.4. The number of hydrogen-bond donors (Lipinski definition) is 4. The molecular formula is C8H21Cl2N3O2. The molecule has 0 bridgehead atoms. The fourth-order valence-electron chi connectivity index (χ4n) is 0.923. The number of carbonyl (C=O) groups is 1. The maximum atomic E-state index is 10.3. The van der Waals surface area contributed by atoms with E-state index in [1.54, 1.807) is 0 Å². The number of nitrogens with one attached hydrogen (secondary N) is 1. The zero-order chi connectivity index (χ0) is 10.1. The van der Waals surface area contributed by atoms with E-state index in [4.69, 9.17) is 16.6 Å². The van der Waals surface area contributed by atoms with Gasteiger partial charge < -0.3 is 21.9 Å². The van der Waals surface area contributed by atoms with Crippen molar-refractivity contribution in [3.63, 3.8) is 0 Å². The predicted octanol–water partition coefficient (Wildman–Crippen LogP) is -0.0395. The van der Waals surface area contributed by atoms with Gasteiger partial charge in [0.15, 0.2) is 0 Å². The number of nitrogens with two attached hydrogens (primary N) is 2. The molecule has 0 aromatic heterocycles. The summed E-state index contributed by atoms with van der Waals surface area (Å²) in [4.78, 5) is 10.3. The normalized spacial score (nSPS) is 11.1. The van der Waals surface area contributed by atoms with Gasteiger partial charge in [-0.1, -0.05) is 0 Å². The molecule has 1 atom stereocenters. The van der Waals surface area contributed by atoms with Crippen LogP contribution >= 0.6 is 24.8 Å². The van der Waals surface area contributed by atoms with Crippen molar-refractivity contribution in [1.29, 1.82) is 0 Å². The van der Waals surface area contributed by atoms with Crippen molar-refractivity contribution in [1.82, 2.24) is 5.32 Å². The maximum absolute atomic E-state index is 10.3. The molecule has 0 amide bonds. The molecule has 0 heterocycles. The summed E-state index contributed by atoms with van der Waals surface area (Å²) in [5.41, 5.74) is 10.6. The molecule has 0 aromatic rings. The van der Waals surface area contributed by atoms with Crippen LogP contribution in [0.3, 0.4) is 0 Å². The Morgan fingerprint density at radius 1 is 1.27 bits per heavy atom. The van der Waals surface area contributed by atoms with Crippen molar-refractivity contribution >= 4 is 30.8 Å². The summed E-state index contributed by atoms with van der Waals surface area (Å²) in [5.74, 6) is -0.929. The van der Waals surface area contributed by atoms with Crippen LogP contribution in [0.25, 0.3) is 0 Å². The van der Waals surface area contributed by atoms with Crippen LogP contribution in [0.1, 0.15) is 19.3 Å². The first-order chi connectivity index (χ1) is 6.18. The molecule has 0 aliphatic carbocycles. The Labute approximate surface area is 103 Å². The first-order valence-electron chi connectivity index (χ1n) is 4.57. The van der Waals surface area contributed by atoms with Crippen molar-refractivity contribution in [2.75, 3.05) is 19.6 Å². The molecule has 6 N–H and O–H groups in total. The minimum absolute atomic E-state index is 0. The van der Waals surface area contributed by atoms with Crippen LogP contribution in [0.5, 0.6) is 0 Å². The summed E-state index contributed by atoms with van der Waals surface area (Å²) in [6, 6.07) is -0.726. The third-order valence-corrected chi connectivity index (χ3v) is 1.74. The van der Waals surface area contributed by atoms with E-state index >= 15 is 0 Å². The highest BCUT2D eigenvalue weighted by Crippen LogP contribution is 1.92. The van der Waals surface area contributed by atoms with Gasteiger partial charge in [0.1, 0.15) is 6.04 Å². The van der Waals surface area contributed by atoms with E-state index in [2.05, 4.69) is 5.32 Å². The number of carboxylic acid groups (broad SMARTS) is 1. The van der Waals surface area contributed by atoms with E-state index in [0.717, 1.165) is 25.9 Å². The molecule has 15 heavy (non-hydrogen) atoms. The summed E-state index contributed by atoms with van der Waals surface area (Å²) in [6.07, 6.45) is 2.26. The van der Waals surface area contributed by atoms with Gasteiger partial charge in [0.2, 0.25) is 0 Å². The summed E-state index contributed by atoms with van der Waals surface area (Å²) in [5, 5.41) is 11.6. The fourth-order valence-corrected chi connectivity index (χ4v) is 0.923. The third-order valence-electron chi connectivity index (χ3n) is 1.74. The lowest BCUT2D eigenvalue weighted by Gasteiger charge is -2.06. The van der Waals surface area contributed by atoms with E-state index in [-0.39, 0.29) is 24.8 Å². The molecule has 0 aromatic carbocycles. The van der Waals surface area contributed by atoms with E-state index in [1.165, 1.54) is 0 Å². The van der Waals surface area contributed by atoms with Gasteiger partial charge in [0.05, 0.1) is 0 Å². The lowest BCUT2D eigenvalue weighted by Crippen LogP contribution is -2.31. The molecule has 0 aliphatic rings. The average molecular weight is 262 g/mol. The van der Waals surface area contributed by atoms with Crippen molar-refractivity contribution in [2.45, 2.75) is 25.3 Å². The smallest absolute Gasteiger partial charge is 0.320 e. The summed E-state index contributed by atoms with van der Waals surface area (Å²) in [6.45, 7) is 2.38. The van der Waals surface area contributed by atoms with Gasteiger partial charge in [-0.05, 0) is 38.9 Å². The SMILES string of the molecule is Cl.Cl.NCCCNCCC[C@H](N)C(=O)O. The second-order valence-electron chi connectivity index (χ2n) is 2.98. The van der Waals surface area contributed by atoms with Gasteiger partial charge in [-0.15, -0.1) is 24.8 Å². The Bertz CT molecular complexity index is 150. The minimum Gasteiger partial charge on any atom is -0.480 e. The fraction of sp³-hybridized carbons (Fsp3) is 0.875. The second-order valence-corrected chi connectivity index (χ2v) is 2.98. The quantitative estimate of drug-likeness (QED) is 0.460. The Kier molecular flexibility index (Phi) is 18.9. The van der Waals surface area contributed by atoms with Crippen LogP contribution in [0, 0.1) is 0 Å². The van der Waals surface area contributed by atoms with Crippen LogP contribution in [-0.4, -0.2) is 36.8 Å². The lowest BCUT2D eigenvalue weighted by molar-refractivity contribution is -0.138. The summed E-state index contributed by atoms with van der Waals surface area (Å²) in [7, 11) is 0. The largest absolute Gasteiger partial charge is 0.480 e. The van der Waals surface area contributed by atoms with Crippen LogP contribution in [0.2, 0.25) is 0 Å². The summed E-state index contributed by atoms with van der Waals surface area (Å²) < 4.78 is 0. The molecule has 0 aliphatic heterocycles. The number of hydrogen-bond acceptors (Lipinski definition) is 4. The number of carboxylic acids is 1. The van der Waals surface area contributed by atoms with E-state index in [9.17, 15) is 4.79 Å². The molecular weight excluding hydrogens is 241 g/mol. The average Bonchev–Trinajstić information content (AvgIpc) is 2.10. The van der Waals surface area contributed by atoms with Gasteiger partial charge in [-0.3, -0.25) is 4.79 Å². The number of aliphatic carboxylic acids is 1. The Morgan fingerprint density at radius 3 is 2.27 bits per heavy atom. The molecule has 0 unspecified atom stereocenters. The molecule has 5 nitrogen and oxygen atoms in total. The number of rotatable bonds is 8. The molecule has 0 saturated carbocycles. The zero-order valence-corrected chi connectivity index (χ0v) is 10.3. The maximum Gasteiger partial charge on any atom is 0.320 e. The first-order valence-corrected chi connectivity index (χ1v) is 4.57. The Morgan fingerprint density at radius 2 is 1.80 bits per heavy atom. The van der Waals surface area contributed by atoms with Crippen LogP contribution < -0.4 is 16.8 Å². The molecule has 0 rings (SSSR count). The second kappa shape index (κ2) is 13.9. The highest BCUT2D eigenvalue weighted by molar-refractivity contribution is 5.85. The van der Waals surface area contributed by atoms with Crippen molar-refractivity contribution in [3.8, 4) is 0 Å². The van der Waals surface area contributed by atoms with Gasteiger partial charge in [0.25, 0.3) is 0 Å². The van der Waals surface area contributed by atoms with E-state index < -0.39 is 12.0 Å². The minimum atomic E-state index is -0.929. The van der Waals surface area contributed by atoms with E-state index in [1.807, 2.05) is 0 Å². The molecule has 0 spiro atoms. The molecule has 0 radical (unpaired) electrons. The van der Waals surface area contributed by atoms with Crippen molar-refractivity contribution in [2.24, 2.45) is 11.5 Å². The van der Waals surface area contributed by atoms with Crippen LogP contribution in [0.15, 0.2) is 0 Å². The standard InChI is InChI=1S/C8H19N3O2.2ClH/c9-4-2-6-11-5-1-3-7(10)8(12)13;;/h7,11H,1-6,9-10H2,(H,12,13);2*1H/t7-;;/m0../s1. The number of halogens is 2. The van der Waals surface area contributed by atoms with Crippen molar-refractivity contribution in [3.05, 3.63) is 0 Å². The Balaban J connectivity index is -0.000000720. The third kappa shape index (κ3) is 13.9. The zero-order valence-electron chi connectivity index (χ0n) is 8.65. The molecule has 94 valence electrons. The lowest BCUT2D eigenvalue weighted by atomic mass is 10.2. The van der Waals surface area contributed by atoms with Gasteiger partial charge in [-0.2, -0.15) is 0 Å². The van der Waals surface area contributed by atoms with Gasteiger partial charge in [-0.25, -0.2) is 0 Å². The molecule has 7 heteroatoms. The molecule has 0 fully saturated rings. The molecule has 0 saturated heterocycles. The predicted molar refractivity (Wildman–Crippen MR) is 65.9 cm³/mol. The van der Waals surface area contributed by atoms with Crippen LogP contribution in [-0.2, 0) is 4.79 Å². The van der Waals surface area contributed by atoms with Crippen LogP contribution in [0.4, 0.5) is 0 Å². The highest BCUT2D eigenvalue weighted by Gasteiger charge is 2.09. The van der Waals surface area contributed by atoms with Gasteiger partial charge in [0, 0.05) is 0 Å². The van der Waals surface area contributed by atoms with E-state index in [0.29, 0.717) is 13.0 Å². The van der Waals surface area contributed by atoms with Crippen molar-refractivity contribution < 1.29 is 9.90 Å².